The van der Waals surface area contributed by atoms with E-state index in [4.69, 9.17) is 0 Å². The van der Waals surface area contributed by atoms with Crippen molar-refractivity contribution < 1.29 is 4.79 Å². The molecule has 0 saturated carbocycles. The van der Waals surface area contributed by atoms with Crippen molar-refractivity contribution in [1.29, 1.82) is 0 Å². The molecule has 0 bridgehead atoms. The average molecular weight is 291 g/mol. The molecule has 3 aromatic rings. The van der Waals surface area contributed by atoms with Gasteiger partial charge in [-0.15, -0.1) is 0 Å². The van der Waals surface area contributed by atoms with E-state index in [9.17, 15) is 4.79 Å². The molecule has 0 radical (unpaired) electrons. The molecule has 0 saturated heterocycles. The Morgan fingerprint density at radius 1 is 1.00 bits per heavy atom. The summed E-state index contributed by atoms with van der Waals surface area (Å²) in [6, 6.07) is 17.4. The number of hydrogen-bond donors (Lipinski definition) is 1. The lowest BCUT2D eigenvalue weighted by Gasteiger charge is -2.11. The largest absolute Gasteiger partial charge is 0.348 e. The topological polar surface area (TPSA) is 46.9 Å². The van der Waals surface area contributed by atoms with E-state index in [2.05, 4.69) is 16.4 Å². The molecular weight excluding hydrogens is 274 g/mol. The van der Waals surface area contributed by atoms with Crippen LogP contribution in [0, 0.1) is 0 Å². The maximum absolute atomic E-state index is 12.1. The Kier molecular flexibility index (Phi) is 4.30. The van der Waals surface area contributed by atoms with Crippen molar-refractivity contribution in [3.63, 3.8) is 0 Å². The summed E-state index contributed by atoms with van der Waals surface area (Å²) in [5, 5.41) is 2.97. The fourth-order valence-corrected chi connectivity index (χ4v) is 2.33. The standard InChI is InChI=1S/C18H17N3O/c22-18(15-6-2-1-3-7-15)20-12-16-8-4-5-9-17(16)13-21-11-10-19-14-21/h1-11,14H,12-13H2,(H,20,22). The lowest BCUT2D eigenvalue weighted by Crippen LogP contribution is -2.23. The Morgan fingerprint density at radius 3 is 2.45 bits per heavy atom. The van der Waals surface area contributed by atoms with E-state index >= 15 is 0 Å². The van der Waals surface area contributed by atoms with E-state index in [-0.39, 0.29) is 5.91 Å². The third-order valence-electron chi connectivity index (χ3n) is 3.51. The number of benzene rings is 2. The number of rotatable bonds is 5. The van der Waals surface area contributed by atoms with Crippen LogP contribution in [0.5, 0.6) is 0 Å². The van der Waals surface area contributed by atoms with Crippen LogP contribution in [0.4, 0.5) is 0 Å². The lowest BCUT2D eigenvalue weighted by molar-refractivity contribution is 0.0951. The summed E-state index contributed by atoms with van der Waals surface area (Å²) in [6.07, 6.45) is 5.48. The third-order valence-corrected chi connectivity index (χ3v) is 3.51. The van der Waals surface area contributed by atoms with Gasteiger partial charge in [-0.3, -0.25) is 4.79 Å². The third kappa shape index (κ3) is 3.41. The highest BCUT2D eigenvalue weighted by Gasteiger charge is 2.07. The SMILES string of the molecule is O=C(NCc1ccccc1Cn1ccnc1)c1ccccc1. The Balaban J connectivity index is 1.69. The zero-order valence-corrected chi connectivity index (χ0v) is 12.1. The number of nitrogens with one attached hydrogen (secondary N) is 1. The van der Waals surface area contributed by atoms with Crippen LogP contribution in [0.25, 0.3) is 0 Å². The molecule has 3 rings (SSSR count). The van der Waals surface area contributed by atoms with E-state index < -0.39 is 0 Å². The first-order valence-electron chi connectivity index (χ1n) is 7.19. The number of carbonyl (C=O) groups is 1. The van der Waals surface area contributed by atoms with Gasteiger partial charge in [-0.25, -0.2) is 4.98 Å². The zero-order chi connectivity index (χ0) is 15.2. The van der Waals surface area contributed by atoms with Gasteiger partial charge in [0, 0.05) is 31.0 Å². The number of imidazole rings is 1. The van der Waals surface area contributed by atoms with Crippen LogP contribution >= 0.6 is 0 Å². The highest BCUT2D eigenvalue weighted by Crippen LogP contribution is 2.11. The molecule has 0 spiro atoms. The summed E-state index contributed by atoms with van der Waals surface area (Å²) in [5.74, 6) is -0.0574. The van der Waals surface area contributed by atoms with Gasteiger partial charge >= 0.3 is 0 Å². The van der Waals surface area contributed by atoms with Crippen LogP contribution in [0.1, 0.15) is 21.5 Å². The number of amides is 1. The molecule has 0 aliphatic heterocycles. The normalized spacial score (nSPS) is 10.4. The van der Waals surface area contributed by atoms with Crippen LogP contribution in [-0.2, 0) is 13.1 Å². The molecule has 2 aromatic carbocycles. The van der Waals surface area contributed by atoms with E-state index in [1.54, 1.807) is 12.5 Å². The van der Waals surface area contributed by atoms with Crippen LogP contribution < -0.4 is 5.32 Å². The minimum Gasteiger partial charge on any atom is -0.348 e. The first-order chi connectivity index (χ1) is 10.8. The predicted octanol–water partition coefficient (Wildman–Crippen LogP) is 2.86. The highest BCUT2D eigenvalue weighted by atomic mass is 16.1. The molecule has 0 unspecified atom stereocenters. The summed E-state index contributed by atoms with van der Waals surface area (Å²) in [6.45, 7) is 1.26. The second kappa shape index (κ2) is 6.72. The molecule has 0 fully saturated rings. The maximum atomic E-state index is 12.1. The predicted molar refractivity (Wildman–Crippen MR) is 85.4 cm³/mol. The highest BCUT2D eigenvalue weighted by molar-refractivity contribution is 5.94. The second-order valence-electron chi connectivity index (χ2n) is 5.05. The van der Waals surface area contributed by atoms with Crippen molar-refractivity contribution in [3.05, 3.63) is 90.0 Å². The molecule has 4 nitrogen and oxygen atoms in total. The summed E-state index contributed by atoms with van der Waals surface area (Å²) >= 11 is 0. The fraction of sp³-hybridized carbons (Fsp3) is 0.111. The van der Waals surface area contributed by atoms with Crippen molar-refractivity contribution in [1.82, 2.24) is 14.9 Å². The Labute approximate surface area is 129 Å². The number of nitrogens with zero attached hydrogens (tertiary/aromatic N) is 2. The van der Waals surface area contributed by atoms with Gasteiger partial charge < -0.3 is 9.88 Å². The van der Waals surface area contributed by atoms with Crippen LogP contribution in [0.2, 0.25) is 0 Å². The molecule has 1 amide bonds. The average Bonchev–Trinajstić information content (AvgIpc) is 3.07. The van der Waals surface area contributed by atoms with Crippen LogP contribution in [-0.4, -0.2) is 15.5 Å². The Hall–Kier alpha value is -2.88. The molecule has 1 heterocycles. The van der Waals surface area contributed by atoms with E-state index in [0.717, 1.165) is 12.1 Å². The molecule has 1 aromatic heterocycles. The van der Waals surface area contributed by atoms with Gasteiger partial charge in [0.1, 0.15) is 0 Å². The molecule has 22 heavy (non-hydrogen) atoms. The smallest absolute Gasteiger partial charge is 0.251 e. The minimum atomic E-state index is -0.0574. The molecule has 0 atom stereocenters. The lowest BCUT2D eigenvalue weighted by atomic mass is 10.1. The quantitative estimate of drug-likeness (QED) is 0.785. The Morgan fingerprint density at radius 2 is 1.73 bits per heavy atom. The van der Waals surface area contributed by atoms with Crippen LogP contribution in [0.3, 0.4) is 0 Å². The van der Waals surface area contributed by atoms with Gasteiger partial charge in [0.15, 0.2) is 0 Å². The summed E-state index contributed by atoms with van der Waals surface area (Å²) in [5.41, 5.74) is 2.96. The van der Waals surface area contributed by atoms with Gasteiger partial charge in [0.2, 0.25) is 0 Å². The van der Waals surface area contributed by atoms with E-state index in [1.807, 2.05) is 59.3 Å². The van der Waals surface area contributed by atoms with Gasteiger partial charge in [-0.1, -0.05) is 42.5 Å². The maximum Gasteiger partial charge on any atom is 0.251 e. The summed E-state index contributed by atoms with van der Waals surface area (Å²) in [7, 11) is 0. The van der Waals surface area contributed by atoms with Crippen LogP contribution in [0.15, 0.2) is 73.3 Å². The summed E-state index contributed by atoms with van der Waals surface area (Å²) < 4.78 is 2.01. The second-order valence-corrected chi connectivity index (χ2v) is 5.05. The monoisotopic (exact) mass is 291 g/mol. The molecule has 0 aliphatic carbocycles. The molecule has 4 heteroatoms. The number of carbonyl (C=O) groups excluding carboxylic acids is 1. The van der Waals surface area contributed by atoms with Crippen molar-refractivity contribution in [2.24, 2.45) is 0 Å². The number of aromatic nitrogens is 2. The molecular formula is C18H17N3O. The molecule has 1 N–H and O–H groups in total. The van der Waals surface area contributed by atoms with Gasteiger partial charge in [-0.05, 0) is 23.3 Å². The fourth-order valence-electron chi connectivity index (χ4n) is 2.33. The van der Waals surface area contributed by atoms with E-state index in [1.165, 1.54) is 5.56 Å². The van der Waals surface area contributed by atoms with E-state index in [0.29, 0.717) is 12.1 Å². The van der Waals surface area contributed by atoms with Gasteiger partial charge in [0.05, 0.1) is 6.33 Å². The minimum absolute atomic E-state index is 0.0574. The van der Waals surface area contributed by atoms with Crippen molar-refractivity contribution in [3.8, 4) is 0 Å². The Bertz CT molecular complexity index is 736. The summed E-state index contributed by atoms with van der Waals surface area (Å²) in [4.78, 5) is 16.2. The first-order valence-corrected chi connectivity index (χ1v) is 7.19. The van der Waals surface area contributed by atoms with Gasteiger partial charge in [0.25, 0.3) is 5.91 Å². The molecule has 0 aliphatic rings. The number of hydrogen-bond acceptors (Lipinski definition) is 2. The van der Waals surface area contributed by atoms with Crippen molar-refractivity contribution >= 4 is 5.91 Å². The first kappa shape index (κ1) is 14.1. The molecule has 110 valence electrons. The zero-order valence-electron chi connectivity index (χ0n) is 12.1. The van der Waals surface area contributed by atoms with Crippen molar-refractivity contribution in [2.45, 2.75) is 13.1 Å². The van der Waals surface area contributed by atoms with Crippen molar-refractivity contribution in [2.75, 3.05) is 0 Å². The van der Waals surface area contributed by atoms with Gasteiger partial charge in [-0.2, -0.15) is 0 Å².